The van der Waals surface area contributed by atoms with Crippen molar-refractivity contribution in [2.75, 3.05) is 25.6 Å². The van der Waals surface area contributed by atoms with Gasteiger partial charge < -0.3 is 15.2 Å². The van der Waals surface area contributed by atoms with E-state index in [-0.39, 0.29) is 6.54 Å². The molecule has 5 nitrogen and oxygen atoms in total. The highest BCUT2D eigenvalue weighted by atomic mass is 16.5. The van der Waals surface area contributed by atoms with Crippen LogP contribution in [0.15, 0.2) is 18.2 Å². The first-order valence-corrected chi connectivity index (χ1v) is 5.52. The van der Waals surface area contributed by atoms with E-state index >= 15 is 0 Å². The average Bonchev–Trinajstić information content (AvgIpc) is 2.37. The normalized spacial score (nSPS) is 9.06. The average molecular weight is 248 g/mol. The monoisotopic (exact) mass is 248 g/mol. The van der Waals surface area contributed by atoms with Gasteiger partial charge in [-0.15, -0.1) is 0 Å². The molecule has 1 rings (SSSR count). The molecule has 0 bridgehead atoms. The molecule has 1 amide bonds. The molecule has 96 valence electrons. The fourth-order valence-corrected chi connectivity index (χ4v) is 1.31. The molecule has 0 aromatic heterocycles. The molecule has 0 radical (unpaired) electrons. The number of hydrogen-bond acceptors (Lipinski definition) is 4. The number of rotatable bonds is 3. The van der Waals surface area contributed by atoms with Crippen LogP contribution in [-0.2, 0) is 4.74 Å². The Morgan fingerprint density at radius 3 is 2.89 bits per heavy atom. The quantitative estimate of drug-likeness (QED) is 0.796. The van der Waals surface area contributed by atoms with Gasteiger partial charge in [-0.1, -0.05) is 11.8 Å². The number of carbonyl (C=O) groups excluding carboxylic acids is 1. The molecule has 0 aliphatic carbocycles. The van der Waals surface area contributed by atoms with Gasteiger partial charge >= 0.3 is 6.09 Å². The zero-order chi connectivity index (χ0) is 13.4. The molecule has 5 heteroatoms. The molecule has 18 heavy (non-hydrogen) atoms. The second-order valence-electron chi connectivity index (χ2n) is 3.27. The number of nitrogens with one attached hydrogen (secondary N) is 1. The van der Waals surface area contributed by atoms with Crippen molar-refractivity contribution in [2.24, 2.45) is 5.73 Å². The summed E-state index contributed by atoms with van der Waals surface area (Å²) in [6.07, 6.45) is -0.528. The van der Waals surface area contributed by atoms with Gasteiger partial charge in [-0.25, -0.2) is 4.79 Å². The van der Waals surface area contributed by atoms with Gasteiger partial charge in [0.1, 0.15) is 5.75 Å². The van der Waals surface area contributed by atoms with E-state index < -0.39 is 6.09 Å². The SMILES string of the molecule is CCOC(=O)Nc1cc(C#CCN)ccc1OC. The molecule has 0 saturated heterocycles. The molecule has 0 saturated carbocycles. The molecule has 0 spiro atoms. The maximum Gasteiger partial charge on any atom is 0.411 e. The molecular weight excluding hydrogens is 232 g/mol. The summed E-state index contributed by atoms with van der Waals surface area (Å²) in [6, 6.07) is 5.22. The minimum Gasteiger partial charge on any atom is -0.495 e. The van der Waals surface area contributed by atoms with Crippen LogP contribution >= 0.6 is 0 Å². The van der Waals surface area contributed by atoms with Gasteiger partial charge in [0.05, 0.1) is 25.9 Å². The van der Waals surface area contributed by atoms with E-state index in [9.17, 15) is 4.79 Å². The zero-order valence-electron chi connectivity index (χ0n) is 10.4. The zero-order valence-corrected chi connectivity index (χ0v) is 10.4. The Hall–Kier alpha value is -2.19. The summed E-state index contributed by atoms with van der Waals surface area (Å²) in [4.78, 5) is 11.4. The van der Waals surface area contributed by atoms with E-state index in [0.717, 1.165) is 5.56 Å². The van der Waals surface area contributed by atoms with E-state index in [4.69, 9.17) is 15.2 Å². The van der Waals surface area contributed by atoms with E-state index in [0.29, 0.717) is 18.0 Å². The molecular formula is C13H16N2O3. The third kappa shape index (κ3) is 4.00. The first kappa shape index (κ1) is 13.9. The fraction of sp³-hybridized carbons (Fsp3) is 0.308. The minimum absolute atomic E-state index is 0.284. The van der Waals surface area contributed by atoms with Gasteiger partial charge in [0.2, 0.25) is 0 Å². The Bertz CT molecular complexity index is 475. The summed E-state index contributed by atoms with van der Waals surface area (Å²) in [7, 11) is 1.52. The summed E-state index contributed by atoms with van der Waals surface area (Å²) in [5.74, 6) is 6.16. The van der Waals surface area contributed by atoms with Crippen LogP contribution in [0.25, 0.3) is 0 Å². The predicted molar refractivity (Wildman–Crippen MR) is 69.6 cm³/mol. The number of anilines is 1. The lowest BCUT2D eigenvalue weighted by Gasteiger charge is -2.10. The summed E-state index contributed by atoms with van der Waals surface area (Å²) in [6.45, 7) is 2.33. The van der Waals surface area contributed by atoms with Crippen LogP contribution in [-0.4, -0.2) is 26.4 Å². The topological polar surface area (TPSA) is 73.6 Å². The lowest BCUT2D eigenvalue weighted by molar-refractivity contribution is 0.168. The van der Waals surface area contributed by atoms with Crippen LogP contribution in [0.3, 0.4) is 0 Å². The molecule has 0 unspecified atom stereocenters. The largest absolute Gasteiger partial charge is 0.495 e. The van der Waals surface area contributed by atoms with Crippen molar-refractivity contribution in [3.05, 3.63) is 23.8 Å². The number of methoxy groups -OCH3 is 1. The maximum absolute atomic E-state index is 11.4. The number of nitrogens with two attached hydrogens (primary N) is 1. The Kier molecular flexibility index (Phi) is 5.55. The van der Waals surface area contributed by atoms with Crippen LogP contribution in [0.4, 0.5) is 10.5 Å². The first-order valence-electron chi connectivity index (χ1n) is 5.52. The third-order valence-electron chi connectivity index (χ3n) is 2.05. The van der Waals surface area contributed by atoms with Crippen LogP contribution in [0.1, 0.15) is 12.5 Å². The predicted octanol–water partition coefficient (Wildman–Crippen LogP) is 1.57. The van der Waals surface area contributed by atoms with Crippen molar-refractivity contribution in [1.82, 2.24) is 0 Å². The maximum atomic E-state index is 11.4. The number of ether oxygens (including phenoxy) is 2. The molecule has 0 fully saturated rings. The molecule has 1 aromatic carbocycles. The van der Waals surface area contributed by atoms with Gasteiger partial charge in [-0.3, -0.25) is 5.32 Å². The Morgan fingerprint density at radius 1 is 1.50 bits per heavy atom. The summed E-state index contributed by atoms with van der Waals surface area (Å²) >= 11 is 0. The fourth-order valence-electron chi connectivity index (χ4n) is 1.31. The first-order chi connectivity index (χ1) is 8.71. The van der Waals surface area contributed by atoms with Gasteiger partial charge in [0.25, 0.3) is 0 Å². The van der Waals surface area contributed by atoms with Gasteiger partial charge in [0, 0.05) is 5.56 Å². The Balaban J connectivity index is 2.95. The summed E-state index contributed by atoms with van der Waals surface area (Å²) < 4.78 is 9.95. The van der Waals surface area contributed by atoms with Crippen molar-refractivity contribution in [1.29, 1.82) is 0 Å². The van der Waals surface area contributed by atoms with Crippen molar-refractivity contribution >= 4 is 11.8 Å². The van der Waals surface area contributed by atoms with Gasteiger partial charge in [-0.2, -0.15) is 0 Å². The summed E-state index contributed by atoms with van der Waals surface area (Å²) in [5, 5.41) is 2.59. The van der Waals surface area contributed by atoms with Crippen molar-refractivity contribution in [3.8, 4) is 17.6 Å². The highest BCUT2D eigenvalue weighted by Gasteiger charge is 2.08. The number of benzene rings is 1. The minimum atomic E-state index is -0.528. The van der Waals surface area contributed by atoms with Crippen LogP contribution in [0, 0.1) is 11.8 Å². The number of amides is 1. The van der Waals surface area contributed by atoms with Gasteiger partial charge in [0.15, 0.2) is 0 Å². The highest BCUT2D eigenvalue weighted by Crippen LogP contribution is 2.25. The lowest BCUT2D eigenvalue weighted by atomic mass is 10.2. The van der Waals surface area contributed by atoms with E-state index in [1.54, 1.807) is 25.1 Å². The molecule has 3 N–H and O–H groups in total. The second-order valence-corrected chi connectivity index (χ2v) is 3.27. The molecule has 0 aliphatic heterocycles. The molecule has 0 atom stereocenters. The van der Waals surface area contributed by atoms with E-state index in [1.807, 2.05) is 0 Å². The molecule has 1 aromatic rings. The van der Waals surface area contributed by atoms with E-state index in [2.05, 4.69) is 17.2 Å². The molecule has 0 heterocycles. The Morgan fingerprint density at radius 2 is 2.28 bits per heavy atom. The van der Waals surface area contributed by atoms with Crippen LogP contribution < -0.4 is 15.8 Å². The highest BCUT2D eigenvalue weighted by molar-refractivity contribution is 5.87. The number of carbonyl (C=O) groups is 1. The van der Waals surface area contributed by atoms with Gasteiger partial charge in [-0.05, 0) is 25.1 Å². The number of hydrogen-bond donors (Lipinski definition) is 2. The standard InChI is InChI=1S/C13H16N2O3/c1-3-18-13(16)15-11-9-10(5-4-8-14)6-7-12(11)17-2/h6-7,9H,3,8,14H2,1-2H3,(H,15,16). The summed E-state index contributed by atoms with van der Waals surface area (Å²) in [5.41, 5.74) is 6.56. The Labute approximate surface area is 106 Å². The van der Waals surface area contributed by atoms with E-state index in [1.165, 1.54) is 7.11 Å². The smallest absolute Gasteiger partial charge is 0.411 e. The lowest BCUT2D eigenvalue weighted by Crippen LogP contribution is -2.14. The van der Waals surface area contributed by atoms with Crippen molar-refractivity contribution < 1.29 is 14.3 Å². The van der Waals surface area contributed by atoms with Crippen molar-refractivity contribution in [3.63, 3.8) is 0 Å². The van der Waals surface area contributed by atoms with Crippen LogP contribution in [0.2, 0.25) is 0 Å². The molecule has 0 aliphatic rings. The van der Waals surface area contributed by atoms with Crippen molar-refractivity contribution in [2.45, 2.75) is 6.92 Å². The third-order valence-corrected chi connectivity index (χ3v) is 2.05. The van der Waals surface area contributed by atoms with Crippen LogP contribution in [0.5, 0.6) is 5.75 Å². The second kappa shape index (κ2) is 7.20.